The molecule has 0 heterocycles. The number of alkyl halides is 2. The third-order valence-electron chi connectivity index (χ3n) is 3.08. The van der Waals surface area contributed by atoms with Crippen molar-refractivity contribution in [3.8, 4) is 0 Å². The average molecular weight is 285 g/mol. The van der Waals surface area contributed by atoms with Crippen molar-refractivity contribution in [3.05, 3.63) is 35.4 Å². The number of aliphatic hydroxyl groups is 1. The minimum Gasteiger partial charge on any atom is -0.395 e. The van der Waals surface area contributed by atoms with Gasteiger partial charge in [-0.25, -0.2) is 8.78 Å². The van der Waals surface area contributed by atoms with Crippen molar-refractivity contribution in [3.63, 3.8) is 0 Å². The Morgan fingerprint density at radius 1 is 1.25 bits per heavy atom. The fraction of sp³-hybridized carbons (Fsp3) is 0.533. The van der Waals surface area contributed by atoms with E-state index in [4.69, 9.17) is 5.11 Å². The molecule has 0 amide bonds. The van der Waals surface area contributed by atoms with Crippen LogP contribution in [0, 0.1) is 0 Å². The summed E-state index contributed by atoms with van der Waals surface area (Å²) in [5, 5.41) is 8.83. The summed E-state index contributed by atoms with van der Waals surface area (Å²) in [7, 11) is 0. The molecule has 0 unspecified atom stereocenters. The van der Waals surface area contributed by atoms with Gasteiger partial charge in [-0.2, -0.15) is 0 Å². The van der Waals surface area contributed by atoms with Crippen molar-refractivity contribution < 1.29 is 18.7 Å². The molecule has 0 saturated carbocycles. The van der Waals surface area contributed by atoms with Crippen molar-refractivity contribution in [1.82, 2.24) is 4.90 Å². The number of rotatable bonds is 8. The number of Topliss-reactive ketones (excluding diaryl/α,β-unsaturated/α-hetero) is 1. The number of hydrogen-bond acceptors (Lipinski definition) is 3. The van der Waals surface area contributed by atoms with Crippen molar-refractivity contribution in [2.75, 3.05) is 26.2 Å². The summed E-state index contributed by atoms with van der Waals surface area (Å²) in [6, 6.07) is 7.19. The van der Waals surface area contributed by atoms with E-state index in [1.54, 1.807) is 12.1 Å². The predicted molar refractivity (Wildman–Crippen MR) is 74.4 cm³/mol. The molecule has 20 heavy (non-hydrogen) atoms. The fourth-order valence-corrected chi connectivity index (χ4v) is 1.92. The minimum absolute atomic E-state index is 0.0696. The Kier molecular flexibility index (Phi) is 6.75. The van der Waals surface area contributed by atoms with E-state index in [0.29, 0.717) is 11.5 Å². The van der Waals surface area contributed by atoms with Crippen LogP contribution in [0.25, 0.3) is 0 Å². The van der Waals surface area contributed by atoms with E-state index in [-0.39, 0.29) is 25.5 Å². The van der Waals surface area contributed by atoms with Gasteiger partial charge in [0.05, 0.1) is 19.7 Å². The number of halogens is 2. The second-order valence-electron chi connectivity index (χ2n) is 5.05. The van der Waals surface area contributed by atoms with Crippen molar-refractivity contribution in [2.24, 2.45) is 0 Å². The van der Waals surface area contributed by atoms with Crippen LogP contribution in [0.3, 0.4) is 0 Å². The Balaban J connectivity index is 2.68. The number of aliphatic hydroxyl groups excluding tert-OH is 1. The Hall–Kier alpha value is -1.33. The molecule has 1 rings (SSSR count). The lowest BCUT2D eigenvalue weighted by Crippen LogP contribution is -2.36. The van der Waals surface area contributed by atoms with Crippen LogP contribution in [0.4, 0.5) is 8.78 Å². The smallest absolute Gasteiger partial charge is 0.251 e. The highest BCUT2D eigenvalue weighted by molar-refractivity contribution is 5.97. The van der Waals surface area contributed by atoms with E-state index in [9.17, 15) is 13.6 Å². The predicted octanol–water partition coefficient (Wildman–Crippen LogP) is 2.55. The molecule has 5 heteroatoms. The number of carbonyl (C=O) groups excluding carboxylic acids is 1. The lowest BCUT2D eigenvalue weighted by molar-refractivity contribution is 0.0689. The van der Waals surface area contributed by atoms with Gasteiger partial charge in [0.2, 0.25) is 0 Å². The summed E-state index contributed by atoms with van der Waals surface area (Å²) in [6.45, 7) is 3.33. The summed E-state index contributed by atoms with van der Waals surface area (Å²) in [5.41, 5.74) is 1.63. The molecule has 0 fully saturated rings. The molecule has 0 spiro atoms. The maximum absolute atomic E-state index is 12.4. The molecule has 0 aliphatic rings. The van der Waals surface area contributed by atoms with Gasteiger partial charge in [0.1, 0.15) is 0 Å². The summed E-state index contributed by atoms with van der Waals surface area (Å²) in [5.74, 6) is 0.165. The lowest BCUT2D eigenvalue weighted by atomic mass is 10.0. The number of benzene rings is 1. The SMILES string of the molecule is CC(C)c1ccc(C(=O)CN(CCO)CC(F)F)cc1. The normalized spacial score (nSPS) is 11.6. The van der Waals surface area contributed by atoms with Gasteiger partial charge in [-0.05, 0) is 11.5 Å². The van der Waals surface area contributed by atoms with Crippen LogP contribution in [-0.2, 0) is 0 Å². The third-order valence-corrected chi connectivity index (χ3v) is 3.08. The van der Waals surface area contributed by atoms with E-state index in [0.717, 1.165) is 5.56 Å². The van der Waals surface area contributed by atoms with Crippen molar-refractivity contribution >= 4 is 5.78 Å². The largest absolute Gasteiger partial charge is 0.395 e. The average Bonchev–Trinajstić information content (AvgIpc) is 2.38. The van der Waals surface area contributed by atoms with Crippen LogP contribution in [0.2, 0.25) is 0 Å². The molecule has 0 aliphatic heterocycles. The number of ketones is 1. The number of hydrogen-bond donors (Lipinski definition) is 1. The van der Waals surface area contributed by atoms with Gasteiger partial charge < -0.3 is 5.11 Å². The van der Waals surface area contributed by atoms with Crippen LogP contribution in [0.1, 0.15) is 35.7 Å². The second-order valence-corrected chi connectivity index (χ2v) is 5.05. The van der Waals surface area contributed by atoms with E-state index >= 15 is 0 Å². The van der Waals surface area contributed by atoms with Gasteiger partial charge >= 0.3 is 0 Å². The fourth-order valence-electron chi connectivity index (χ4n) is 1.92. The molecule has 0 atom stereocenters. The molecular weight excluding hydrogens is 264 g/mol. The quantitative estimate of drug-likeness (QED) is 0.746. The topological polar surface area (TPSA) is 40.5 Å². The Morgan fingerprint density at radius 3 is 2.30 bits per heavy atom. The van der Waals surface area contributed by atoms with Crippen LogP contribution in [0.15, 0.2) is 24.3 Å². The molecule has 0 radical (unpaired) electrons. The molecule has 1 aromatic rings. The first-order valence-corrected chi connectivity index (χ1v) is 6.68. The molecule has 3 nitrogen and oxygen atoms in total. The summed E-state index contributed by atoms with van der Waals surface area (Å²) < 4.78 is 24.7. The number of carbonyl (C=O) groups is 1. The minimum atomic E-state index is -2.52. The molecule has 1 aromatic carbocycles. The zero-order valence-electron chi connectivity index (χ0n) is 11.9. The van der Waals surface area contributed by atoms with Gasteiger partial charge in [0.15, 0.2) is 5.78 Å². The van der Waals surface area contributed by atoms with Gasteiger partial charge in [-0.3, -0.25) is 9.69 Å². The highest BCUT2D eigenvalue weighted by Crippen LogP contribution is 2.15. The van der Waals surface area contributed by atoms with Crippen LogP contribution < -0.4 is 0 Å². The summed E-state index contributed by atoms with van der Waals surface area (Å²) in [4.78, 5) is 13.3. The van der Waals surface area contributed by atoms with Gasteiger partial charge in [0.25, 0.3) is 6.43 Å². The Bertz CT molecular complexity index is 418. The molecule has 0 aliphatic carbocycles. The number of nitrogens with zero attached hydrogens (tertiary/aromatic N) is 1. The van der Waals surface area contributed by atoms with Gasteiger partial charge in [-0.1, -0.05) is 38.1 Å². The van der Waals surface area contributed by atoms with Crippen LogP contribution in [0.5, 0.6) is 0 Å². The molecule has 1 N–H and O–H groups in total. The zero-order valence-corrected chi connectivity index (χ0v) is 11.9. The van der Waals surface area contributed by atoms with E-state index < -0.39 is 13.0 Å². The first-order valence-electron chi connectivity index (χ1n) is 6.68. The van der Waals surface area contributed by atoms with E-state index in [1.807, 2.05) is 12.1 Å². The van der Waals surface area contributed by atoms with Crippen LogP contribution in [-0.4, -0.2) is 48.5 Å². The molecule has 0 bridgehead atoms. The van der Waals surface area contributed by atoms with Gasteiger partial charge in [-0.15, -0.1) is 0 Å². The summed E-state index contributed by atoms with van der Waals surface area (Å²) in [6.07, 6.45) is -2.52. The van der Waals surface area contributed by atoms with Crippen molar-refractivity contribution in [2.45, 2.75) is 26.2 Å². The van der Waals surface area contributed by atoms with E-state index in [2.05, 4.69) is 13.8 Å². The van der Waals surface area contributed by atoms with Crippen LogP contribution >= 0.6 is 0 Å². The third kappa shape index (κ3) is 5.35. The van der Waals surface area contributed by atoms with E-state index in [1.165, 1.54) is 4.90 Å². The molecule has 0 aromatic heterocycles. The second kappa shape index (κ2) is 8.07. The summed E-state index contributed by atoms with van der Waals surface area (Å²) >= 11 is 0. The highest BCUT2D eigenvalue weighted by Gasteiger charge is 2.16. The first kappa shape index (κ1) is 16.7. The highest BCUT2D eigenvalue weighted by atomic mass is 19.3. The molecule has 112 valence electrons. The lowest BCUT2D eigenvalue weighted by Gasteiger charge is -2.19. The maximum atomic E-state index is 12.4. The maximum Gasteiger partial charge on any atom is 0.251 e. The first-order chi connectivity index (χ1) is 9.43. The van der Waals surface area contributed by atoms with Crippen molar-refractivity contribution in [1.29, 1.82) is 0 Å². The Morgan fingerprint density at radius 2 is 1.85 bits per heavy atom. The van der Waals surface area contributed by atoms with Gasteiger partial charge in [0, 0.05) is 12.1 Å². The zero-order chi connectivity index (χ0) is 15.1. The molecular formula is C15H21F2NO2. The monoisotopic (exact) mass is 285 g/mol. The Labute approximate surface area is 118 Å². The standard InChI is InChI=1S/C15H21F2NO2/c1-11(2)12-3-5-13(6-4-12)14(20)9-18(7-8-19)10-15(16)17/h3-6,11,15,19H,7-10H2,1-2H3. The molecule has 0 saturated heterocycles.